The minimum Gasteiger partial charge on any atom is -0.261 e. The maximum Gasteiger partial charge on any atom is 0.0725 e. The molecule has 1 heterocycles. The van der Waals surface area contributed by atoms with Gasteiger partial charge < -0.3 is 0 Å². The highest BCUT2D eigenvalue weighted by Crippen LogP contribution is 2.52. The average molecular weight is 169 g/mol. The number of nitrogens with zero attached hydrogens (tertiary/aromatic N) is 3. The van der Waals surface area contributed by atoms with Crippen molar-refractivity contribution in [2.45, 2.75) is 5.92 Å². The molecule has 0 amide bonds. The molecule has 2 atom stereocenters. The molecule has 0 spiro atoms. The molecule has 62 valence electrons. The SMILES string of the molecule is N#CC1C(C#N)C1c1ccccn1. The van der Waals surface area contributed by atoms with E-state index in [4.69, 9.17) is 10.5 Å². The molecule has 2 rings (SSSR count). The summed E-state index contributed by atoms with van der Waals surface area (Å²) >= 11 is 0. The molecule has 1 aromatic rings. The summed E-state index contributed by atoms with van der Waals surface area (Å²) in [5, 5.41) is 17.4. The highest BCUT2D eigenvalue weighted by molar-refractivity contribution is 5.31. The van der Waals surface area contributed by atoms with Gasteiger partial charge in [-0.15, -0.1) is 0 Å². The number of hydrogen-bond acceptors (Lipinski definition) is 3. The summed E-state index contributed by atoms with van der Waals surface area (Å²) in [6, 6.07) is 9.83. The molecule has 2 unspecified atom stereocenters. The molecular formula is C10H7N3. The summed E-state index contributed by atoms with van der Waals surface area (Å²) in [6.45, 7) is 0. The van der Waals surface area contributed by atoms with Crippen LogP contribution in [0.4, 0.5) is 0 Å². The molecule has 1 aromatic heterocycles. The van der Waals surface area contributed by atoms with E-state index < -0.39 is 0 Å². The maximum absolute atomic E-state index is 8.71. The Morgan fingerprint density at radius 3 is 2.31 bits per heavy atom. The summed E-state index contributed by atoms with van der Waals surface area (Å²) in [5.41, 5.74) is 0.862. The Kier molecular flexibility index (Phi) is 1.72. The molecule has 1 aliphatic rings. The Morgan fingerprint density at radius 2 is 1.85 bits per heavy atom. The third-order valence-corrected chi connectivity index (χ3v) is 2.35. The van der Waals surface area contributed by atoms with Gasteiger partial charge in [0.1, 0.15) is 0 Å². The van der Waals surface area contributed by atoms with Gasteiger partial charge >= 0.3 is 0 Å². The zero-order valence-corrected chi connectivity index (χ0v) is 6.88. The van der Waals surface area contributed by atoms with Crippen LogP contribution in [-0.2, 0) is 0 Å². The zero-order valence-electron chi connectivity index (χ0n) is 6.88. The van der Waals surface area contributed by atoms with E-state index in [9.17, 15) is 0 Å². The van der Waals surface area contributed by atoms with Gasteiger partial charge in [0.05, 0.1) is 24.0 Å². The van der Waals surface area contributed by atoms with Gasteiger partial charge in [-0.3, -0.25) is 4.98 Å². The first-order valence-corrected chi connectivity index (χ1v) is 4.08. The van der Waals surface area contributed by atoms with E-state index in [2.05, 4.69) is 17.1 Å². The lowest BCUT2D eigenvalue weighted by molar-refractivity contribution is 0.952. The number of nitriles is 2. The Labute approximate surface area is 76.3 Å². The van der Waals surface area contributed by atoms with Crippen molar-refractivity contribution in [1.82, 2.24) is 4.98 Å². The fourth-order valence-electron chi connectivity index (χ4n) is 1.57. The van der Waals surface area contributed by atoms with E-state index in [1.807, 2.05) is 18.2 Å². The zero-order chi connectivity index (χ0) is 9.26. The van der Waals surface area contributed by atoms with E-state index in [0.29, 0.717) is 0 Å². The second-order valence-corrected chi connectivity index (χ2v) is 3.09. The van der Waals surface area contributed by atoms with Crippen molar-refractivity contribution in [1.29, 1.82) is 10.5 Å². The molecule has 0 N–H and O–H groups in total. The maximum atomic E-state index is 8.71. The Hall–Kier alpha value is -1.87. The largest absolute Gasteiger partial charge is 0.261 e. The fourth-order valence-corrected chi connectivity index (χ4v) is 1.57. The van der Waals surface area contributed by atoms with Crippen LogP contribution in [0.25, 0.3) is 0 Å². The quantitative estimate of drug-likeness (QED) is 0.639. The molecule has 0 radical (unpaired) electrons. The molecule has 0 bridgehead atoms. The number of aromatic nitrogens is 1. The minimum atomic E-state index is -0.153. The second-order valence-electron chi connectivity index (χ2n) is 3.09. The summed E-state index contributed by atoms with van der Waals surface area (Å²) in [7, 11) is 0. The first kappa shape index (κ1) is 7.76. The molecule has 3 nitrogen and oxygen atoms in total. The molecule has 13 heavy (non-hydrogen) atoms. The van der Waals surface area contributed by atoms with Crippen molar-refractivity contribution < 1.29 is 0 Å². The molecule has 1 fully saturated rings. The molecule has 1 aliphatic carbocycles. The molecule has 0 aromatic carbocycles. The Balaban J connectivity index is 2.24. The normalized spacial score (nSPS) is 30.2. The van der Waals surface area contributed by atoms with Crippen LogP contribution < -0.4 is 0 Å². The highest BCUT2D eigenvalue weighted by atomic mass is 14.7. The fraction of sp³-hybridized carbons (Fsp3) is 0.300. The van der Waals surface area contributed by atoms with Crippen LogP contribution >= 0.6 is 0 Å². The average Bonchev–Trinajstić information content (AvgIpc) is 2.92. The smallest absolute Gasteiger partial charge is 0.0725 e. The van der Waals surface area contributed by atoms with E-state index in [-0.39, 0.29) is 17.8 Å². The van der Waals surface area contributed by atoms with Crippen molar-refractivity contribution in [2.75, 3.05) is 0 Å². The van der Waals surface area contributed by atoms with Gasteiger partial charge in [0, 0.05) is 17.8 Å². The summed E-state index contributed by atoms with van der Waals surface area (Å²) < 4.78 is 0. The monoisotopic (exact) mass is 169 g/mol. The summed E-state index contributed by atoms with van der Waals surface area (Å²) in [5.74, 6) is -0.268. The van der Waals surface area contributed by atoms with Gasteiger partial charge in [-0.1, -0.05) is 6.07 Å². The Bertz CT molecular complexity index is 365. The van der Waals surface area contributed by atoms with E-state index >= 15 is 0 Å². The number of pyridine rings is 1. The summed E-state index contributed by atoms with van der Waals surface area (Å²) in [4.78, 5) is 4.13. The van der Waals surface area contributed by atoms with Crippen LogP contribution in [0.2, 0.25) is 0 Å². The predicted octanol–water partition coefficient (Wildman–Crippen LogP) is 1.46. The Morgan fingerprint density at radius 1 is 1.15 bits per heavy atom. The van der Waals surface area contributed by atoms with Crippen LogP contribution in [0.1, 0.15) is 11.6 Å². The van der Waals surface area contributed by atoms with Crippen LogP contribution in [0.5, 0.6) is 0 Å². The third-order valence-electron chi connectivity index (χ3n) is 2.35. The van der Waals surface area contributed by atoms with Crippen LogP contribution in [0, 0.1) is 34.5 Å². The minimum absolute atomic E-state index is 0.0381. The molecule has 0 aliphatic heterocycles. The number of hydrogen-bond donors (Lipinski definition) is 0. The van der Waals surface area contributed by atoms with E-state index in [1.54, 1.807) is 6.20 Å². The van der Waals surface area contributed by atoms with Gasteiger partial charge in [-0.25, -0.2) is 0 Å². The van der Waals surface area contributed by atoms with Crippen LogP contribution in [0.3, 0.4) is 0 Å². The molecule has 0 saturated heterocycles. The van der Waals surface area contributed by atoms with Gasteiger partial charge in [-0.2, -0.15) is 10.5 Å². The van der Waals surface area contributed by atoms with Crippen molar-refractivity contribution >= 4 is 0 Å². The first-order chi connectivity index (χ1) is 6.38. The first-order valence-electron chi connectivity index (χ1n) is 4.08. The van der Waals surface area contributed by atoms with Crippen LogP contribution in [-0.4, -0.2) is 4.98 Å². The van der Waals surface area contributed by atoms with Gasteiger partial charge in [0.15, 0.2) is 0 Å². The second kappa shape index (κ2) is 2.88. The van der Waals surface area contributed by atoms with Crippen molar-refractivity contribution in [3.8, 4) is 12.1 Å². The molecular weight excluding hydrogens is 162 g/mol. The molecule has 3 heteroatoms. The third kappa shape index (κ3) is 1.15. The number of rotatable bonds is 1. The predicted molar refractivity (Wildman–Crippen MR) is 45.2 cm³/mol. The lowest BCUT2D eigenvalue weighted by atomic mass is 10.2. The van der Waals surface area contributed by atoms with Crippen LogP contribution in [0.15, 0.2) is 24.4 Å². The van der Waals surface area contributed by atoms with Gasteiger partial charge in [0.25, 0.3) is 0 Å². The van der Waals surface area contributed by atoms with Gasteiger partial charge in [-0.05, 0) is 12.1 Å². The standard InChI is InChI=1S/C10H7N3/c11-5-7-8(6-12)10(7)9-3-1-2-4-13-9/h1-4,7-8,10H. The lowest BCUT2D eigenvalue weighted by Crippen LogP contribution is -1.85. The lowest BCUT2D eigenvalue weighted by Gasteiger charge is -1.93. The molecule has 1 saturated carbocycles. The van der Waals surface area contributed by atoms with Gasteiger partial charge in [0.2, 0.25) is 0 Å². The van der Waals surface area contributed by atoms with Crippen molar-refractivity contribution in [3.05, 3.63) is 30.1 Å². The topological polar surface area (TPSA) is 60.5 Å². The summed E-state index contributed by atoms with van der Waals surface area (Å²) in [6.07, 6.45) is 1.69. The van der Waals surface area contributed by atoms with E-state index in [0.717, 1.165) is 5.69 Å². The van der Waals surface area contributed by atoms with E-state index in [1.165, 1.54) is 0 Å². The van der Waals surface area contributed by atoms with Crippen molar-refractivity contribution in [3.63, 3.8) is 0 Å². The van der Waals surface area contributed by atoms with Crippen molar-refractivity contribution in [2.24, 2.45) is 11.8 Å². The highest BCUT2D eigenvalue weighted by Gasteiger charge is 2.52.